The Balaban J connectivity index is 0.770. The number of phenolic OH excluding ortho intramolecular Hbond substituents is 1. The molecule has 3 fully saturated rings. The number of aliphatic hydroxyl groups is 1. The van der Waals surface area contributed by atoms with Gasteiger partial charge in [-0.05, 0) is 74.0 Å². The largest absolute Gasteiger partial charge is 0.507 e. The van der Waals surface area contributed by atoms with Crippen molar-refractivity contribution in [3.63, 3.8) is 0 Å². The Labute approximate surface area is 388 Å². The van der Waals surface area contributed by atoms with Crippen LogP contribution < -0.4 is 20.3 Å². The number of aromatic hydroxyl groups is 1. The number of rotatable bonds is 12. The normalized spacial score (nSPS) is 21.4. The van der Waals surface area contributed by atoms with Gasteiger partial charge in [0.2, 0.25) is 11.8 Å². The Morgan fingerprint density at radius 1 is 0.939 bits per heavy atom. The van der Waals surface area contributed by atoms with E-state index in [-0.39, 0.29) is 66.1 Å². The van der Waals surface area contributed by atoms with Gasteiger partial charge in [0, 0.05) is 69.9 Å². The van der Waals surface area contributed by atoms with Gasteiger partial charge < -0.3 is 44.8 Å². The molecule has 4 N–H and O–H groups in total. The van der Waals surface area contributed by atoms with Crippen molar-refractivity contribution in [1.29, 1.82) is 0 Å². The molecule has 7 heterocycles. The third kappa shape index (κ3) is 9.18. The summed E-state index contributed by atoms with van der Waals surface area (Å²) < 4.78 is 11.8. The lowest BCUT2D eigenvalue weighted by molar-refractivity contribution is -0.141. The first kappa shape index (κ1) is 45.1. The number of fused-ring (bicyclic) bond motifs is 3. The molecular formula is C48H58N10O7S. The number of hydrogen-bond donors (Lipinski definition) is 4. The molecule has 1 unspecified atom stereocenters. The lowest BCUT2D eigenvalue weighted by atomic mass is 9.91. The number of carbonyl (C=O) groups excluding carboxylic acids is 3. The molecule has 5 aromatic rings. The fourth-order valence-corrected chi connectivity index (χ4v) is 10.8. The summed E-state index contributed by atoms with van der Waals surface area (Å²) >= 11 is 1.58. The van der Waals surface area contributed by atoms with E-state index in [1.54, 1.807) is 36.5 Å². The van der Waals surface area contributed by atoms with E-state index in [1.165, 1.54) is 4.90 Å². The molecule has 18 heteroatoms. The van der Waals surface area contributed by atoms with Gasteiger partial charge in [0.05, 0.1) is 45.7 Å². The smallest absolute Gasteiger partial charge is 0.263 e. The molecule has 66 heavy (non-hydrogen) atoms. The molecule has 4 aliphatic heterocycles. The van der Waals surface area contributed by atoms with Gasteiger partial charge in [-0.25, -0.2) is 4.98 Å². The van der Waals surface area contributed by atoms with Crippen LogP contribution in [-0.4, -0.2) is 139 Å². The SMILES string of the molecule is Cc1ncsc1-c1ccc([C@H](C)NC(=O)[C@@H]2C[C@@H](O)CN2C(=O)C(c2cc(O[C@@H](C)C(=O)N3CCC(N4CCN5c6cc(-c7ccccc7O)nnc6NC[C@H]5C4)CC3)no2)C(C)C)cc1. The van der Waals surface area contributed by atoms with Crippen LogP contribution in [-0.2, 0) is 14.4 Å². The average Bonchev–Trinajstić information content (AvgIpc) is 4.08. The van der Waals surface area contributed by atoms with E-state index in [0.717, 1.165) is 72.2 Å². The van der Waals surface area contributed by atoms with Crippen molar-refractivity contribution in [2.45, 2.75) is 96.2 Å². The molecular weight excluding hydrogens is 861 g/mol. The van der Waals surface area contributed by atoms with E-state index in [4.69, 9.17) is 9.26 Å². The predicted molar refractivity (Wildman–Crippen MR) is 249 cm³/mol. The molecule has 0 spiro atoms. The van der Waals surface area contributed by atoms with Gasteiger partial charge in [-0.2, -0.15) is 0 Å². The maximum atomic E-state index is 14.3. The van der Waals surface area contributed by atoms with Crippen molar-refractivity contribution in [1.82, 2.24) is 40.4 Å². The summed E-state index contributed by atoms with van der Waals surface area (Å²) in [6, 6.07) is 18.1. The number of ether oxygens (including phenoxy) is 1. The van der Waals surface area contributed by atoms with E-state index < -0.39 is 24.2 Å². The quantitative estimate of drug-likeness (QED) is 0.127. The molecule has 0 saturated carbocycles. The van der Waals surface area contributed by atoms with Gasteiger partial charge in [0.1, 0.15) is 17.7 Å². The predicted octanol–water partition coefficient (Wildman–Crippen LogP) is 5.22. The summed E-state index contributed by atoms with van der Waals surface area (Å²) in [6.45, 7) is 13.9. The number of aryl methyl sites for hydroxylation is 1. The zero-order valence-electron chi connectivity index (χ0n) is 38.0. The molecule has 348 valence electrons. The molecule has 0 bridgehead atoms. The standard InChI is InChI=1S/C48H58N10O7S/c1-27(2)43(48(63)58-25-35(59)20-39(58)46(61)51-28(3)31-10-12-32(13-11-31)44-29(4)50-26-66-44)41-22-42(54-65-41)64-30(5)47(62)55-16-14-33(15-17-55)56-18-19-57-34(24-56)23-49-45-38(57)21-37(52-53-45)36-8-6-7-9-40(36)60/h6-13,21-22,26-28,30,33-35,39,43,59-60H,14-20,23-25H2,1-5H3,(H,49,53)(H,51,61)/t28-,30-,34-,35+,39-,43?/m0/s1. The molecule has 4 aliphatic rings. The number of β-amino-alcohol motifs (C(OH)–C–C–N with tert-alkyl or cyclic N) is 1. The third-order valence-corrected chi connectivity index (χ3v) is 14.6. The summed E-state index contributed by atoms with van der Waals surface area (Å²) in [6.07, 6.45) is 0.0968. The van der Waals surface area contributed by atoms with E-state index in [9.17, 15) is 24.6 Å². The summed E-state index contributed by atoms with van der Waals surface area (Å²) in [7, 11) is 0. The number of amides is 3. The number of piperidine rings is 1. The van der Waals surface area contributed by atoms with E-state index >= 15 is 0 Å². The van der Waals surface area contributed by atoms with Crippen molar-refractivity contribution in [2.75, 3.05) is 56.0 Å². The van der Waals surface area contributed by atoms with E-state index in [2.05, 4.69) is 40.8 Å². The van der Waals surface area contributed by atoms with Crippen molar-refractivity contribution in [3.05, 3.63) is 83.2 Å². The number of piperazine rings is 1. The highest BCUT2D eigenvalue weighted by atomic mass is 32.1. The van der Waals surface area contributed by atoms with Crippen molar-refractivity contribution < 1.29 is 33.9 Å². The van der Waals surface area contributed by atoms with Crippen LogP contribution >= 0.6 is 11.3 Å². The molecule has 17 nitrogen and oxygen atoms in total. The maximum absolute atomic E-state index is 14.3. The zero-order valence-corrected chi connectivity index (χ0v) is 38.8. The lowest BCUT2D eigenvalue weighted by Gasteiger charge is -2.49. The van der Waals surface area contributed by atoms with Gasteiger partial charge >= 0.3 is 0 Å². The van der Waals surface area contributed by atoms with Crippen LogP contribution in [0.4, 0.5) is 11.5 Å². The number of hydrogen-bond acceptors (Lipinski definition) is 15. The Kier molecular flexibility index (Phi) is 13.0. The van der Waals surface area contributed by atoms with Crippen LogP contribution in [0.3, 0.4) is 0 Å². The fraction of sp³-hybridized carbons (Fsp3) is 0.479. The Morgan fingerprint density at radius 2 is 1.71 bits per heavy atom. The number of nitrogens with zero attached hydrogens (tertiary/aromatic N) is 8. The Bertz CT molecular complexity index is 2540. The second-order valence-corrected chi connectivity index (χ2v) is 19.2. The second kappa shape index (κ2) is 19.0. The van der Waals surface area contributed by atoms with Crippen LogP contribution in [0.5, 0.6) is 11.6 Å². The summed E-state index contributed by atoms with van der Waals surface area (Å²) in [5, 5.41) is 40.6. The van der Waals surface area contributed by atoms with Gasteiger partial charge in [-0.3, -0.25) is 19.3 Å². The number of anilines is 2. The number of phenols is 1. The number of benzene rings is 2. The highest BCUT2D eigenvalue weighted by Crippen LogP contribution is 2.38. The number of thiazole rings is 1. The highest BCUT2D eigenvalue weighted by Gasteiger charge is 2.44. The molecule has 3 saturated heterocycles. The fourth-order valence-electron chi connectivity index (χ4n) is 10.00. The number of carbonyl (C=O) groups is 3. The summed E-state index contributed by atoms with van der Waals surface area (Å²) in [5.74, 6) is -0.619. The van der Waals surface area contributed by atoms with Crippen molar-refractivity contribution >= 4 is 40.6 Å². The van der Waals surface area contributed by atoms with E-state index in [0.29, 0.717) is 30.4 Å². The maximum Gasteiger partial charge on any atom is 0.263 e. The van der Waals surface area contributed by atoms with E-state index in [1.807, 2.05) is 80.6 Å². The van der Waals surface area contributed by atoms with Crippen LogP contribution in [0.15, 0.2) is 70.7 Å². The summed E-state index contributed by atoms with van der Waals surface area (Å²) in [5.41, 5.74) is 7.03. The summed E-state index contributed by atoms with van der Waals surface area (Å²) in [4.78, 5) is 55.4. The molecule has 3 amide bonds. The zero-order chi connectivity index (χ0) is 46.2. The number of aromatic nitrogens is 4. The average molecular weight is 919 g/mol. The first-order valence-electron chi connectivity index (χ1n) is 22.9. The van der Waals surface area contributed by atoms with Crippen molar-refractivity contribution in [3.8, 4) is 33.3 Å². The third-order valence-electron chi connectivity index (χ3n) is 13.6. The van der Waals surface area contributed by atoms with Gasteiger partial charge in [-0.15, -0.1) is 21.5 Å². The number of aliphatic hydroxyl groups excluding tert-OH is 1. The Morgan fingerprint density at radius 3 is 2.44 bits per heavy atom. The van der Waals surface area contributed by atoms with Crippen LogP contribution in [0.2, 0.25) is 0 Å². The molecule has 2 aromatic carbocycles. The first-order valence-corrected chi connectivity index (χ1v) is 23.8. The van der Waals surface area contributed by atoms with Crippen LogP contribution in [0, 0.1) is 12.8 Å². The van der Waals surface area contributed by atoms with Gasteiger partial charge in [0.15, 0.2) is 17.7 Å². The second-order valence-electron chi connectivity index (χ2n) is 18.3. The lowest BCUT2D eigenvalue weighted by Crippen LogP contribution is -2.61. The highest BCUT2D eigenvalue weighted by molar-refractivity contribution is 7.13. The number of likely N-dealkylation sites (tertiary alicyclic amines) is 2. The monoisotopic (exact) mass is 918 g/mol. The van der Waals surface area contributed by atoms with Crippen LogP contribution in [0.25, 0.3) is 21.7 Å². The van der Waals surface area contributed by atoms with Gasteiger partial charge in [-0.1, -0.05) is 50.2 Å². The molecule has 6 atom stereocenters. The molecule has 0 aliphatic carbocycles. The number of nitrogens with one attached hydrogen (secondary N) is 2. The molecule has 9 rings (SSSR count). The number of para-hydroxylation sites is 1. The molecule has 0 radical (unpaired) electrons. The minimum absolute atomic E-state index is 0.0119. The molecule has 3 aromatic heterocycles. The van der Waals surface area contributed by atoms with Crippen LogP contribution in [0.1, 0.15) is 75.9 Å². The minimum Gasteiger partial charge on any atom is -0.507 e. The Hall–Kier alpha value is -6.11. The first-order chi connectivity index (χ1) is 31.8. The van der Waals surface area contributed by atoms with Gasteiger partial charge in [0.25, 0.3) is 11.8 Å². The minimum atomic E-state index is -0.872. The topological polar surface area (TPSA) is 203 Å². The van der Waals surface area contributed by atoms with Crippen molar-refractivity contribution in [2.24, 2.45) is 5.92 Å².